The zero-order valence-corrected chi connectivity index (χ0v) is 15.2. The second-order valence-corrected chi connectivity index (χ2v) is 7.08. The summed E-state index contributed by atoms with van der Waals surface area (Å²) in [5, 5.41) is 3.12. The van der Waals surface area contributed by atoms with E-state index in [1.165, 1.54) is 0 Å². The van der Waals surface area contributed by atoms with E-state index in [0.29, 0.717) is 39.3 Å². The Morgan fingerprint density at radius 1 is 0.909 bits per heavy atom. The average Bonchev–Trinajstić information content (AvgIpc) is 2.47. The fourth-order valence-electron chi connectivity index (χ4n) is 1.99. The van der Waals surface area contributed by atoms with Gasteiger partial charge in [0.1, 0.15) is 0 Å². The minimum absolute atomic E-state index is 0.106. The molecule has 0 fully saturated rings. The van der Waals surface area contributed by atoms with Gasteiger partial charge < -0.3 is 14.8 Å². The highest BCUT2D eigenvalue weighted by molar-refractivity contribution is 7.89. The number of hydrogen-bond acceptors (Lipinski definition) is 5. The zero-order valence-electron chi connectivity index (χ0n) is 14.4. The lowest BCUT2D eigenvalue weighted by Gasteiger charge is -2.17. The van der Waals surface area contributed by atoms with Crippen molar-refractivity contribution >= 4 is 10.0 Å². The first-order chi connectivity index (χ1) is 10.6. The molecule has 0 aliphatic rings. The van der Waals surface area contributed by atoms with Gasteiger partial charge >= 0.3 is 0 Å². The van der Waals surface area contributed by atoms with Crippen LogP contribution in [-0.4, -0.2) is 53.3 Å². The van der Waals surface area contributed by atoms with Crippen molar-refractivity contribution in [1.29, 1.82) is 0 Å². The van der Waals surface area contributed by atoms with Gasteiger partial charge in [0.2, 0.25) is 10.0 Å². The summed E-state index contributed by atoms with van der Waals surface area (Å²) in [6.07, 6.45) is 4.80. The van der Waals surface area contributed by atoms with E-state index in [4.69, 9.17) is 9.47 Å². The summed E-state index contributed by atoms with van der Waals surface area (Å²) >= 11 is 0. The van der Waals surface area contributed by atoms with Crippen LogP contribution in [0.1, 0.15) is 52.9 Å². The van der Waals surface area contributed by atoms with Crippen molar-refractivity contribution in [2.75, 3.05) is 38.6 Å². The molecule has 0 atom stereocenters. The molecule has 0 aliphatic carbocycles. The molecule has 0 spiro atoms. The Hall–Kier alpha value is -0.210. The van der Waals surface area contributed by atoms with E-state index in [9.17, 15) is 8.42 Å². The van der Waals surface area contributed by atoms with Gasteiger partial charge in [0.25, 0.3) is 0 Å². The van der Waals surface area contributed by atoms with Crippen molar-refractivity contribution in [1.82, 2.24) is 10.0 Å². The van der Waals surface area contributed by atoms with Gasteiger partial charge in [-0.15, -0.1) is 0 Å². The molecule has 6 nitrogen and oxygen atoms in total. The Labute approximate surface area is 136 Å². The molecule has 134 valence electrons. The van der Waals surface area contributed by atoms with Crippen LogP contribution < -0.4 is 10.0 Å². The highest BCUT2D eigenvalue weighted by atomic mass is 32.2. The quantitative estimate of drug-likeness (QED) is 0.332. The number of rotatable bonds is 16. The lowest BCUT2D eigenvalue weighted by molar-refractivity contribution is -0.138. The number of nitrogens with one attached hydrogen (secondary N) is 2. The normalized spacial score (nSPS) is 12.2. The van der Waals surface area contributed by atoms with Crippen LogP contribution in [0.3, 0.4) is 0 Å². The van der Waals surface area contributed by atoms with Crippen molar-refractivity contribution in [3.05, 3.63) is 0 Å². The number of sulfonamides is 1. The molecule has 0 bridgehead atoms. The maximum atomic E-state index is 11.8. The van der Waals surface area contributed by atoms with Gasteiger partial charge in [0.15, 0.2) is 6.29 Å². The zero-order chi connectivity index (χ0) is 16.7. The van der Waals surface area contributed by atoms with Gasteiger partial charge in [-0.1, -0.05) is 26.2 Å². The van der Waals surface area contributed by atoms with Crippen molar-refractivity contribution in [2.24, 2.45) is 0 Å². The predicted molar refractivity (Wildman–Crippen MR) is 90.5 cm³/mol. The van der Waals surface area contributed by atoms with Crippen LogP contribution >= 0.6 is 0 Å². The Morgan fingerprint density at radius 3 is 2.18 bits per heavy atom. The molecule has 0 aromatic rings. The second kappa shape index (κ2) is 14.4. The van der Waals surface area contributed by atoms with Gasteiger partial charge in [0.05, 0.1) is 5.75 Å². The van der Waals surface area contributed by atoms with Crippen LogP contribution in [0.2, 0.25) is 0 Å². The van der Waals surface area contributed by atoms with Crippen LogP contribution in [-0.2, 0) is 19.5 Å². The third kappa shape index (κ3) is 13.5. The molecule has 0 aliphatic heterocycles. The second-order valence-electron chi connectivity index (χ2n) is 5.15. The van der Waals surface area contributed by atoms with Gasteiger partial charge in [-0.25, -0.2) is 13.1 Å². The van der Waals surface area contributed by atoms with E-state index < -0.39 is 10.0 Å². The maximum Gasteiger partial charge on any atom is 0.212 e. The Balaban J connectivity index is 3.66. The summed E-state index contributed by atoms with van der Waals surface area (Å²) in [5.74, 6) is 0.106. The molecule has 7 heteroatoms. The van der Waals surface area contributed by atoms with Gasteiger partial charge in [-0.2, -0.15) is 0 Å². The first-order valence-electron chi connectivity index (χ1n) is 8.47. The molecule has 2 N–H and O–H groups in total. The van der Waals surface area contributed by atoms with Crippen molar-refractivity contribution in [3.8, 4) is 0 Å². The minimum Gasteiger partial charge on any atom is -0.353 e. The summed E-state index contributed by atoms with van der Waals surface area (Å²) in [4.78, 5) is 0. The minimum atomic E-state index is -3.16. The third-order valence-electron chi connectivity index (χ3n) is 3.16. The average molecular weight is 339 g/mol. The fourth-order valence-corrected chi connectivity index (χ4v) is 3.00. The lowest BCUT2D eigenvalue weighted by Crippen LogP contribution is -2.33. The van der Waals surface area contributed by atoms with Gasteiger partial charge in [-0.3, -0.25) is 0 Å². The highest BCUT2D eigenvalue weighted by Gasteiger charge is 2.10. The topological polar surface area (TPSA) is 76.7 Å². The van der Waals surface area contributed by atoms with Crippen molar-refractivity contribution in [3.63, 3.8) is 0 Å². The molecule has 22 heavy (non-hydrogen) atoms. The lowest BCUT2D eigenvalue weighted by atomic mass is 10.2. The molecule has 0 saturated carbocycles. The van der Waals surface area contributed by atoms with E-state index >= 15 is 0 Å². The summed E-state index contributed by atoms with van der Waals surface area (Å²) in [6, 6.07) is 0. The molecule has 0 aromatic heterocycles. The van der Waals surface area contributed by atoms with Crippen LogP contribution in [0.25, 0.3) is 0 Å². The summed E-state index contributed by atoms with van der Waals surface area (Å²) in [6.45, 7) is 8.88. The monoisotopic (exact) mass is 338 g/mol. The van der Waals surface area contributed by atoms with Crippen molar-refractivity contribution < 1.29 is 17.9 Å². The van der Waals surface area contributed by atoms with Crippen LogP contribution in [0.15, 0.2) is 0 Å². The van der Waals surface area contributed by atoms with Gasteiger partial charge in [0, 0.05) is 32.7 Å². The van der Waals surface area contributed by atoms with E-state index in [1.807, 2.05) is 13.8 Å². The molecular weight excluding hydrogens is 304 g/mol. The number of hydrogen-bond donors (Lipinski definition) is 2. The predicted octanol–water partition coefficient (Wildman–Crippen LogP) is 1.86. The molecule has 0 saturated heterocycles. The third-order valence-corrected chi connectivity index (χ3v) is 4.55. The van der Waals surface area contributed by atoms with E-state index in [2.05, 4.69) is 17.0 Å². The van der Waals surface area contributed by atoms with Crippen LogP contribution in [0.4, 0.5) is 0 Å². The Kier molecular flexibility index (Phi) is 14.2. The van der Waals surface area contributed by atoms with Crippen LogP contribution in [0.5, 0.6) is 0 Å². The molecule has 0 unspecified atom stereocenters. The smallest absolute Gasteiger partial charge is 0.212 e. The SMILES string of the molecule is CCCCCCNS(=O)(=O)CCNCCC(OCC)OCC. The fraction of sp³-hybridized carbons (Fsp3) is 1.00. The molecule has 0 heterocycles. The molecule has 0 rings (SSSR count). The molecule has 0 amide bonds. The Morgan fingerprint density at radius 2 is 1.59 bits per heavy atom. The van der Waals surface area contributed by atoms with E-state index in [0.717, 1.165) is 25.7 Å². The molecular formula is C15H34N2O4S. The largest absolute Gasteiger partial charge is 0.353 e. The summed E-state index contributed by atoms with van der Waals surface area (Å²) < 4.78 is 37.0. The van der Waals surface area contributed by atoms with Crippen molar-refractivity contribution in [2.45, 2.75) is 59.2 Å². The number of ether oxygens (including phenoxy) is 2. The van der Waals surface area contributed by atoms with E-state index in [1.54, 1.807) is 0 Å². The molecule has 0 radical (unpaired) electrons. The maximum absolute atomic E-state index is 11.8. The van der Waals surface area contributed by atoms with E-state index in [-0.39, 0.29) is 12.0 Å². The standard InChI is InChI=1S/C15H34N2O4S/c1-4-7-8-9-11-17-22(18,19)14-13-16-12-10-15(20-5-2)21-6-3/h15-17H,4-14H2,1-3H3. The molecule has 0 aromatic carbocycles. The summed E-state index contributed by atoms with van der Waals surface area (Å²) in [7, 11) is -3.16. The Bertz CT molecular complexity index is 330. The van der Waals surface area contributed by atoms with Crippen LogP contribution in [0, 0.1) is 0 Å². The van der Waals surface area contributed by atoms with Gasteiger partial charge in [-0.05, 0) is 26.8 Å². The first-order valence-corrected chi connectivity index (χ1v) is 10.1. The number of unbranched alkanes of at least 4 members (excludes halogenated alkanes) is 3. The highest BCUT2D eigenvalue weighted by Crippen LogP contribution is 2.00. The first kappa shape index (κ1) is 21.8. The summed E-state index contributed by atoms with van der Waals surface area (Å²) in [5.41, 5.74) is 0.